The van der Waals surface area contributed by atoms with Crippen LogP contribution in [0.25, 0.3) is 0 Å². The van der Waals surface area contributed by atoms with Crippen LogP contribution in [0.15, 0.2) is 24.3 Å². The number of amides is 1. The number of halogens is 2. The van der Waals surface area contributed by atoms with E-state index in [1.54, 1.807) is 0 Å². The van der Waals surface area contributed by atoms with Crippen LogP contribution < -0.4 is 5.32 Å². The average Bonchev–Trinajstić information content (AvgIpc) is 2.09. The fraction of sp³-hybridized carbons (Fsp3) is 0.125. The highest BCUT2D eigenvalue weighted by Gasteiger charge is 1.98. The second-order valence-electron chi connectivity index (χ2n) is 2.19. The van der Waals surface area contributed by atoms with Crippen LogP contribution in [-0.4, -0.2) is 11.8 Å². The number of nitrogens with one attached hydrogen (secondary N) is 1. The normalized spacial score (nSPS) is 9.50. The topological polar surface area (TPSA) is 29.1 Å². The van der Waals surface area contributed by atoms with Crippen molar-refractivity contribution in [3.8, 4) is 0 Å². The van der Waals surface area contributed by atoms with Crippen LogP contribution in [0.1, 0.15) is 0 Å². The Hall–Kier alpha value is -1.09. The van der Waals surface area contributed by atoms with Gasteiger partial charge in [0.1, 0.15) is 11.7 Å². The minimum Gasteiger partial charge on any atom is -0.325 e. The van der Waals surface area contributed by atoms with E-state index in [9.17, 15) is 9.18 Å². The van der Waals surface area contributed by atoms with Gasteiger partial charge in [0, 0.05) is 5.69 Å². The first kappa shape index (κ1) is 9.00. The summed E-state index contributed by atoms with van der Waals surface area (Å²) in [4.78, 5) is 10.7. The lowest BCUT2D eigenvalue weighted by atomic mass is 10.3. The quantitative estimate of drug-likeness (QED) is 0.705. The molecule has 64 valence electrons. The second kappa shape index (κ2) is 4.07. The van der Waals surface area contributed by atoms with Crippen molar-refractivity contribution in [2.24, 2.45) is 0 Å². The smallest absolute Gasteiger partial charge is 0.239 e. The van der Waals surface area contributed by atoms with Gasteiger partial charge in [0.05, 0.1) is 0 Å². The van der Waals surface area contributed by atoms with Gasteiger partial charge < -0.3 is 5.32 Å². The summed E-state index contributed by atoms with van der Waals surface area (Å²) in [5.74, 6) is -0.737. The predicted molar refractivity (Wildman–Crippen MR) is 45.7 cm³/mol. The average molecular weight is 188 g/mol. The molecule has 0 bridgehead atoms. The lowest BCUT2D eigenvalue weighted by Gasteiger charge is -2.00. The standard InChI is InChI=1S/C8H7ClFNO/c9-5-8(12)11-7-3-1-6(10)2-4-7/h1-4H,5H2,(H,11,12). The highest BCUT2D eigenvalue weighted by molar-refractivity contribution is 6.29. The maximum absolute atomic E-state index is 12.4. The highest BCUT2D eigenvalue weighted by Crippen LogP contribution is 2.07. The number of hydrogen-bond donors (Lipinski definition) is 1. The van der Waals surface area contributed by atoms with Gasteiger partial charge in [-0.2, -0.15) is 0 Å². The van der Waals surface area contributed by atoms with E-state index < -0.39 is 0 Å². The van der Waals surface area contributed by atoms with Gasteiger partial charge in [-0.25, -0.2) is 4.39 Å². The molecule has 1 amide bonds. The number of rotatable bonds is 2. The molecule has 0 aliphatic rings. The van der Waals surface area contributed by atoms with Crippen molar-refractivity contribution in [3.63, 3.8) is 0 Å². The number of anilines is 1. The van der Waals surface area contributed by atoms with Gasteiger partial charge in [0.15, 0.2) is 0 Å². The third kappa shape index (κ3) is 2.51. The Balaban J connectivity index is 2.64. The van der Waals surface area contributed by atoms with Crippen LogP contribution in [0.2, 0.25) is 0 Å². The summed E-state index contributed by atoms with van der Waals surface area (Å²) >= 11 is 5.25. The van der Waals surface area contributed by atoms with Crippen molar-refractivity contribution in [1.82, 2.24) is 0 Å². The van der Waals surface area contributed by atoms with E-state index in [0.717, 1.165) is 0 Å². The Morgan fingerprint density at radius 1 is 1.42 bits per heavy atom. The summed E-state index contributed by atoms with van der Waals surface area (Å²) in [6.45, 7) is 0. The third-order valence-corrected chi connectivity index (χ3v) is 1.49. The molecule has 0 unspecified atom stereocenters. The van der Waals surface area contributed by atoms with Crippen molar-refractivity contribution in [1.29, 1.82) is 0 Å². The highest BCUT2D eigenvalue weighted by atomic mass is 35.5. The minimum atomic E-state index is -0.334. The first-order valence-electron chi connectivity index (χ1n) is 3.34. The predicted octanol–water partition coefficient (Wildman–Crippen LogP) is 2.00. The largest absolute Gasteiger partial charge is 0.325 e. The van der Waals surface area contributed by atoms with Gasteiger partial charge >= 0.3 is 0 Å². The molecule has 0 radical (unpaired) electrons. The maximum atomic E-state index is 12.4. The number of carbonyl (C=O) groups excluding carboxylic acids is 1. The molecule has 2 nitrogen and oxygen atoms in total. The Kier molecular flexibility index (Phi) is 3.05. The molecule has 0 saturated carbocycles. The van der Waals surface area contributed by atoms with E-state index in [0.29, 0.717) is 5.69 Å². The molecule has 1 N–H and O–H groups in total. The Bertz CT molecular complexity index is 273. The molecule has 0 aliphatic heterocycles. The second-order valence-corrected chi connectivity index (χ2v) is 2.46. The molecule has 0 heterocycles. The number of alkyl halides is 1. The van der Waals surface area contributed by atoms with Crippen molar-refractivity contribution in [3.05, 3.63) is 30.1 Å². The number of benzene rings is 1. The Morgan fingerprint density at radius 3 is 2.50 bits per heavy atom. The minimum absolute atomic E-state index is 0.0998. The SMILES string of the molecule is O=C(CCl)Nc1ccc(F)cc1. The zero-order valence-corrected chi connectivity index (χ0v) is 6.94. The van der Waals surface area contributed by atoms with Crippen LogP contribution in [0.3, 0.4) is 0 Å². The number of hydrogen-bond acceptors (Lipinski definition) is 1. The molecule has 1 rings (SSSR count). The van der Waals surface area contributed by atoms with Crippen molar-refractivity contribution in [2.75, 3.05) is 11.2 Å². The first-order chi connectivity index (χ1) is 5.72. The molecular weight excluding hydrogens is 181 g/mol. The molecule has 1 aromatic rings. The molecule has 4 heteroatoms. The van der Waals surface area contributed by atoms with E-state index in [2.05, 4.69) is 5.32 Å². The lowest BCUT2D eigenvalue weighted by Crippen LogP contribution is -2.12. The van der Waals surface area contributed by atoms with Gasteiger partial charge in [0.25, 0.3) is 0 Å². The zero-order valence-electron chi connectivity index (χ0n) is 6.18. The van der Waals surface area contributed by atoms with Gasteiger partial charge in [0.2, 0.25) is 5.91 Å². The molecule has 0 aromatic heterocycles. The summed E-state index contributed by atoms with van der Waals surface area (Å²) in [6, 6.07) is 5.48. The van der Waals surface area contributed by atoms with Gasteiger partial charge in [-0.15, -0.1) is 11.6 Å². The summed E-state index contributed by atoms with van der Waals surface area (Å²) in [7, 11) is 0. The molecule has 0 saturated heterocycles. The van der Waals surface area contributed by atoms with E-state index >= 15 is 0 Å². The molecule has 0 fully saturated rings. The summed E-state index contributed by atoms with van der Waals surface area (Å²) in [6.07, 6.45) is 0. The van der Waals surface area contributed by atoms with Crippen molar-refractivity contribution < 1.29 is 9.18 Å². The van der Waals surface area contributed by atoms with E-state index in [1.807, 2.05) is 0 Å². The van der Waals surface area contributed by atoms with Crippen LogP contribution in [0, 0.1) is 5.82 Å². The summed E-state index contributed by atoms with van der Waals surface area (Å²) in [5, 5.41) is 2.48. The molecule has 0 aliphatic carbocycles. The van der Waals surface area contributed by atoms with Crippen molar-refractivity contribution in [2.45, 2.75) is 0 Å². The maximum Gasteiger partial charge on any atom is 0.239 e. The van der Waals surface area contributed by atoms with Crippen LogP contribution >= 0.6 is 11.6 Å². The molecule has 0 atom stereocenters. The summed E-state index contributed by atoms with van der Waals surface area (Å²) < 4.78 is 12.4. The number of carbonyl (C=O) groups is 1. The van der Waals surface area contributed by atoms with Gasteiger partial charge in [-0.1, -0.05) is 0 Å². The van der Waals surface area contributed by atoms with Gasteiger partial charge in [-0.3, -0.25) is 4.79 Å². The van der Waals surface area contributed by atoms with Crippen LogP contribution in [-0.2, 0) is 4.79 Å². The van der Waals surface area contributed by atoms with Crippen LogP contribution in [0.5, 0.6) is 0 Å². The third-order valence-electron chi connectivity index (χ3n) is 1.25. The molecule has 1 aromatic carbocycles. The fourth-order valence-corrected chi connectivity index (χ4v) is 0.794. The first-order valence-corrected chi connectivity index (χ1v) is 3.87. The monoisotopic (exact) mass is 187 g/mol. The fourth-order valence-electron chi connectivity index (χ4n) is 0.728. The van der Waals surface area contributed by atoms with E-state index in [4.69, 9.17) is 11.6 Å². The zero-order chi connectivity index (χ0) is 8.97. The Labute approximate surface area is 74.3 Å². The molecule has 12 heavy (non-hydrogen) atoms. The molecular formula is C8H7ClFNO. The lowest BCUT2D eigenvalue weighted by molar-refractivity contribution is -0.113. The van der Waals surface area contributed by atoms with Gasteiger partial charge in [-0.05, 0) is 24.3 Å². The Morgan fingerprint density at radius 2 is 2.00 bits per heavy atom. The summed E-state index contributed by atoms with van der Waals surface area (Å²) in [5.41, 5.74) is 0.544. The van der Waals surface area contributed by atoms with Crippen LogP contribution in [0.4, 0.5) is 10.1 Å². The van der Waals surface area contributed by atoms with Crippen molar-refractivity contribution >= 4 is 23.2 Å². The molecule has 0 spiro atoms. The van der Waals surface area contributed by atoms with E-state index in [1.165, 1.54) is 24.3 Å². The van der Waals surface area contributed by atoms with E-state index in [-0.39, 0.29) is 17.6 Å².